The van der Waals surface area contributed by atoms with E-state index in [1.807, 2.05) is 13.8 Å². The second-order valence-electron chi connectivity index (χ2n) is 4.17. The van der Waals surface area contributed by atoms with Crippen LogP contribution in [0.15, 0.2) is 18.2 Å². The zero-order chi connectivity index (χ0) is 13.1. The Morgan fingerprint density at radius 3 is 2.41 bits per heavy atom. The van der Waals surface area contributed by atoms with E-state index in [1.165, 1.54) is 0 Å². The van der Waals surface area contributed by atoms with Crippen LogP contribution in [0.25, 0.3) is 0 Å². The van der Waals surface area contributed by atoms with Gasteiger partial charge in [-0.25, -0.2) is 4.59 Å². The number of nitrogen functional groups attached to an aromatic ring is 1. The molecule has 1 rings (SSSR count). The van der Waals surface area contributed by atoms with Crippen molar-refractivity contribution < 1.29 is 9.39 Å². The first kappa shape index (κ1) is 14.0. The summed E-state index contributed by atoms with van der Waals surface area (Å²) in [7, 11) is 0. The molecule has 0 unspecified atom stereocenters. The highest BCUT2D eigenvalue weighted by molar-refractivity contribution is 6.34. The molecule has 0 radical (unpaired) electrons. The molecular weight excluding hydrogens is 238 g/mol. The van der Waals surface area contributed by atoms with Crippen molar-refractivity contribution >= 4 is 23.1 Å². The molecule has 1 aromatic carbocycles. The summed E-state index contributed by atoms with van der Waals surface area (Å²) in [5.41, 5.74) is 6.61. The van der Waals surface area contributed by atoms with E-state index in [4.69, 9.17) is 23.2 Å². The lowest BCUT2D eigenvalue weighted by Crippen LogP contribution is -2.56. The van der Waals surface area contributed by atoms with Crippen LogP contribution in [-0.2, 0) is 0 Å². The number of nitrogens with two attached hydrogens (primary N) is 2. The molecule has 5 heteroatoms. The fourth-order valence-electron chi connectivity index (χ4n) is 1.58. The molecule has 0 aliphatic rings. The van der Waals surface area contributed by atoms with Crippen LogP contribution in [0, 0.1) is 0 Å². The van der Waals surface area contributed by atoms with Crippen molar-refractivity contribution in [1.82, 2.24) is 0 Å². The lowest BCUT2D eigenvalue weighted by molar-refractivity contribution is -0.928. The number of halogens is 1. The Labute approximate surface area is 107 Å². The average molecular weight is 257 g/mol. The molecule has 0 saturated carbocycles. The summed E-state index contributed by atoms with van der Waals surface area (Å²) in [5.74, 6) is 6.01. The molecule has 0 aliphatic carbocycles. The smallest absolute Gasteiger partial charge is 0.220 e. The van der Waals surface area contributed by atoms with Crippen LogP contribution in [0.4, 0.5) is 5.69 Å². The maximum Gasteiger partial charge on any atom is 0.220 e. The number of carbonyl (C=O) groups excluding carboxylic acids is 1. The first-order chi connectivity index (χ1) is 7.91. The summed E-state index contributed by atoms with van der Waals surface area (Å²) in [5, 5.41) is 0.383. The van der Waals surface area contributed by atoms with Crippen molar-refractivity contribution in [1.29, 1.82) is 0 Å². The van der Waals surface area contributed by atoms with Crippen LogP contribution in [0.1, 0.15) is 24.2 Å². The molecule has 0 aliphatic heterocycles. The van der Waals surface area contributed by atoms with Gasteiger partial charge in [0.15, 0.2) is 6.54 Å². The van der Waals surface area contributed by atoms with Gasteiger partial charge in [0.25, 0.3) is 0 Å². The summed E-state index contributed by atoms with van der Waals surface area (Å²) in [6.45, 7) is 5.57. The molecule has 0 aromatic heterocycles. The van der Waals surface area contributed by atoms with Gasteiger partial charge in [-0.2, -0.15) is 5.84 Å². The van der Waals surface area contributed by atoms with E-state index in [1.54, 1.807) is 18.2 Å². The molecule has 4 N–H and O–H groups in total. The van der Waals surface area contributed by atoms with Crippen molar-refractivity contribution in [3.8, 4) is 0 Å². The van der Waals surface area contributed by atoms with E-state index in [9.17, 15) is 4.79 Å². The number of likely N-dealkylation sites (N-methyl/N-ethyl adjacent to an activating group) is 1. The molecule has 0 heterocycles. The molecule has 94 valence electrons. The van der Waals surface area contributed by atoms with E-state index in [-0.39, 0.29) is 16.9 Å². The normalized spacial score (nSPS) is 11.5. The van der Waals surface area contributed by atoms with Gasteiger partial charge in [0, 0.05) is 11.3 Å². The van der Waals surface area contributed by atoms with Gasteiger partial charge < -0.3 is 5.73 Å². The molecule has 0 spiro atoms. The zero-order valence-corrected chi connectivity index (χ0v) is 11.0. The van der Waals surface area contributed by atoms with Crippen molar-refractivity contribution in [3.05, 3.63) is 28.8 Å². The number of hydrogen-bond acceptors (Lipinski definition) is 3. The van der Waals surface area contributed by atoms with Crippen molar-refractivity contribution in [3.63, 3.8) is 0 Å². The number of Topliss-reactive ketones (excluding diaryl/α,β-unsaturated/α-hetero) is 1. The number of hydrogen-bond donors (Lipinski definition) is 2. The first-order valence-corrected chi connectivity index (χ1v) is 6.02. The minimum atomic E-state index is -0.0544. The van der Waals surface area contributed by atoms with Crippen molar-refractivity contribution in [2.24, 2.45) is 5.84 Å². The van der Waals surface area contributed by atoms with Gasteiger partial charge in [-0.15, -0.1) is 0 Å². The van der Waals surface area contributed by atoms with Gasteiger partial charge in [0.1, 0.15) is 0 Å². The Morgan fingerprint density at radius 1 is 1.35 bits per heavy atom. The van der Waals surface area contributed by atoms with Crippen LogP contribution in [0.5, 0.6) is 0 Å². The minimum Gasteiger partial charge on any atom is -0.399 e. The van der Waals surface area contributed by atoms with Gasteiger partial charge in [0.2, 0.25) is 5.78 Å². The highest BCUT2D eigenvalue weighted by atomic mass is 35.5. The predicted octanol–water partition coefficient (Wildman–Crippen LogP) is 1.84. The maximum atomic E-state index is 12.1. The summed E-state index contributed by atoms with van der Waals surface area (Å²) in [6.07, 6.45) is 0. The third-order valence-corrected chi connectivity index (χ3v) is 3.32. The maximum absolute atomic E-state index is 12.1. The largest absolute Gasteiger partial charge is 0.399 e. The SMILES string of the molecule is CC[N+](N)(CC)CC(=O)c1ccc(N)cc1Cl. The highest BCUT2D eigenvalue weighted by Gasteiger charge is 2.24. The zero-order valence-electron chi connectivity index (χ0n) is 10.2. The topological polar surface area (TPSA) is 69.1 Å². The van der Waals surface area contributed by atoms with E-state index in [0.29, 0.717) is 29.4 Å². The molecule has 0 bridgehead atoms. The number of carbonyl (C=O) groups is 1. The van der Waals surface area contributed by atoms with Crippen LogP contribution in [0.3, 0.4) is 0 Å². The molecule has 17 heavy (non-hydrogen) atoms. The van der Waals surface area contributed by atoms with Gasteiger partial charge in [0.05, 0.1) is 18.1 Å². The Hall–Kier alpha value is -1.10. The average Bonchev–Trinajstić information content (AvgIpc) is 2.28. The Morgan fingerprint density at radius 2 is 1.94 bits per heavy atom. The molecular formula is C12H19ClN3O+. The molecule has 0 fully saturated rings. The van der Waals surface area contributed by atoms with Crippen LogP contribution in [-0.4, -0.2) is 30.0 Å². The molecule has 0 amide bonds. The van der Waals surface area contributed by atoms with Gasteiger partial charge in [-0.3, -0.25) is 4.79 Å². The fourth-order valence-corrected chi connectivity index (χ4v) is 1.87. The quantitative estimate of drug-likeness (QED) is 0.278. The Bertz CT molecular complexity index is 416. The van der Waals surface area contributed by atoms with Gasteiger partial charge in [-0.05, 0) is 32.0 Å². The monoisotopic (exact) mass is 256 g/mol. The first-order valence-electron chi connectivity index (χ1n) is 5.64. The number of benzene rings is 1. The summed E-state index contributed by atoms with van der Waals surface area (Å²) < 4.78 is 0.222. The third kappa shape index (κ3) is 3.43. The number of nitrogens with zero attached hydrogens (tertiary/aromatic N) is 1. The second kappa shape index (κ2) is 5.49. The van der Waals surface area contributed by atoms with E-state index in [0.717, 1.165) is 0 Å². The molecule has 1 aromatic rings. The highest BCUT2D eigenvalue weighted by Crippen LogP contribution is 2.20. The number of rotatable bonds is 5. The predicted molar refractivity (Wildman–Crippen MR) is 70.6 cm³/mol. The lowest BCUT2D eigenvalue weighted by atomic mass is 10.1. The third-order valence-electron chi connectivity index (χ3n) is 3.01. The standard InChI is InChI=1S/C12H18ClN3O/c1-3-16(15,4-2)8-12(17)10-6-5-9(14)7-11(10)13/h5-7H,3-4,8,15H2,1-2H3,(H-,14,17)/p+1. The number of quaternary nitrogens is 1. The fraction of sp³-hybridized carbons (Fsp3) is 0.417. The van der Waals surface area contributed by atoms with E-state index in [2.05, 4.69) is 0 Å². The minimum absolute atomic E-state index is 0.0544. The van der Waals surface area contributed by atoms with Gasteiger partial charge >= 0.3 is 0 Å². The molecule has 0 saturated heterocycles. The van der Waals surface area contributed by atoms with Crippen LogP contribution < -0.4 is 11.6 Å². The summed E-state index contributed by atoms with van der Waals surface area (Å²) >= 11 is 5.99. The summed E-state index contributed by atoms with van der Waals surface area (Å²) in [4.78, 5) is 12.1. The van der Waals surface area contributed by atoms with E-state index < -0.39 is 0 Å². The molecule has 0 atom stereocenters. The van der Waals surface area contributed by atoms with Crippen LogP contribution >= 0.6 is 11.6 Å². The Kier molecular flexibility index (Phi) is 4.51. The van der Waals surface area contributed by atoms with Gasteiger partial charge in [-0.1, -0.05) is 11.6 Å². The molecule has 4 nitrogen and oxygen atoms in total. The summed E-state index contributed by atoms with van der Waals surface area (Å²) in [6, 6.07) is 4.90. The van der Waals surface area contributed by atoms with Crippen molar-refractivity contribution in [2.45, 2.75) is 13.8 Å². The van der Waals surface area contributed by atoms with E-state index >= 15 is 0 Å². The lowest BCUT2D eigenvalue weighted by Gasteiger charge is -2.29. The second-order valence-corrected chi connectivity index (χ2v) is 4.58. The Balaban J connectivity index is 2.90. The number of anilines is 1. The van der Waals surface area contributed by atoms with Crippen LogP contribution in [0.2, 0.25) is 5.02 Å². The number of ketones is 1. The van der Waals surface area contributed by atoms with Crippen molar-refractivity contribution in [2.75, 3.05) is 25.4 Å².